The predicted octanol–water partition coefficient (Wildman–Crippen LogP) is 2.68. The number of benzene rings is 1. The lowest BCUT2D eigenvalue weighted by molar-refractivity contribution is -0.119. The zero-order valence-corrected chi connectivity index (χ0v) is 12.8. The molecule has 1 heterocycles. The number of fused-ring (bicyclic) bond motifs is 1. The molecular formula is C16H21BO4. The lowest BCUT2D eigenvalue weighted by Gasteiger charge is -2.28. The Hall–Kier alpha value is -1.62. The maximum absolute atomic E-state index is 11.9. The molecule has 1 aliphatic rings. The number of Topliss-reactive ketones (excluding diaryl/α,β-unsaturated/α-hetero) is 2. The van der Waals surface area contributed by atoms with Crippen molar-refractivity contribution in [2.24, 2.45) is 5.92 Å². The number of hydrogen-bond donors (Lipinski definition) is 1. The zero-order valence-electron chi connectivity index (χ0n) is 12.8. The third-order valence-electron chi connectivity index (χ3n) is 3.73. The van der Waals surface area contributed by atoms with E-state index < -0.39 is 7.12 Å². The quantitative estimate of drug-likeness (QED) is 0.668. The summed E-state index contributed by atoms with van der Waals surface area (Å²) in [5.41, 5.74) is 1.37. The van der Waals surface area contributed by atoms with E-state index >= 15 is 0 Å². The first-order valence-corrected chi connectivity index (χ1v) is 7.37. The van der Waals surface area contributed by atoms with Gasteiger partial charge in [0.1, 0.15) is 11.5 Å². The van der Waals surface area contributed by atoms with Crippen LogP contribution in [-0.4, -0.2) is 23.7 Å². The van der Waals surface area contributed by atoms with Gasteiger partial charge in [-0.3, -0.25) is 9.59 Å². The van der Waals surface area contributed by atoms with E-state index in [0.29, 0.717) is 36.5 Å². The fourth-order valence-electron chi connectivity index (χ4n) is 2.77. The molecule has 1 N–H and O–H groups in total. The van der Waals surface area contributed by atoms with Crippen molar-refractivity contribution in [2.45, 2.75) is 45.9 Å². The molecule has 2 rings (SSSR count). The third kappa shape index (κ3) is 3.73. The van der Waals surface area contributed by atoms with Gasteiger partial charge in [0.05, 0.1) is 5.56 Å². The Balaban J connectivity index is 2.16. The molecule has 21 heavy (non-hydrogen) atoms. The highest BCUT2D eigenvalue weighted by molar-refractivity contribution is 6.47. The van der Waals surface area contributed by atoms with Gasteiger partial charge in [-0.15, -0.1) is 0 Å². The average Bonchev–Trinajstić information content (AvgIpc) is 2.37. The van der Waals surface area contributed by atoms with Crippen LogP contribution in [-0.2, 0) is 11.2 Å². The highest BCUT2D eigenvalue weighted by Gasteiger charge is 2.37. The summed E-state index contributed by atoms with van der Waals surface area (Å²) in [6, 6.07) is 5.38. The van der Waals surface area contributed by atoms with Gasteiger partial charge in [0.15, 0.2) is 5.78 Å². The van der Waals surface area contributed by atoms with Crippen LogP contribution in [0.2, 0.25) is 5.82 Å². The Labute approximate surface area is 125 Å². The van der Waals surface area contributed by atoms with Crippen LogP contribution in [0.5, 0.6) is 5.75 Å². The van der Waals surface area contributed by atoms with Crippen molar-refractivity contribution in [2.75, 3.05) is 0 Å². The molecule has 0 aromatic heterocycles. The second-order valence-corrected chi connectivity index (χ2v) is 6.16. The molecule has 1 aromatic rings. The molecule has 5 heteroatoms. The fraction of sp³-hybridized carbons (Fsp3) is 0.500. The molecule has 1 atom stereocenters. The van der Waals surface area contributed by atoms with Crippen LogP contribution in [0.15, 0.2) is 18.2 Å². The number of rotatable bonds is 5. The van der Waals surface area contributed by atoms with E-state index in [2.05, 4.69) is 0 Å². The molecule has 0 fully saturated rings. The van der Waals surface area contributed by atoms with Crippen LogP contribution in [0.3, 0.4) is 0 Å². The summed E-state index contributed by atoms with van der Waals surface area (Å²) >= 11 is 0. The SMILES string of the molecule is CC(=O)c1cccc2c1OB(O)[C@@H](CC(=O)CC(C)C)C2. The second-order valence-electron chi connectivity index (χ2n) is 6.16. The molecule has 0 unspecified atom stereocenters. The second kappa shape index (κ2) is 6.44. The Morgan fingerprint density at radius 2 is 2.14 bits per heavy atom. The minimum Gasteiger partial charge on any atom is -0.535 e. The third-order valence-corrected chi connectivity index (χ3v) is 3.73. The van der Waals surface area contributed by atoms with E-state index in [0.717, 1.165) is 5.56 Å². The zero-order chi connectivity index (χ0) is 15.6. The molecule has 1 aliphatic heterocycles. The first-order valence-electron chi connectivity index (χ1n) is 7.37. The number of ketones is 2. The Kier molecular flexibility index (Phi) is 4.83. The van der Waals surface area contributed by atoms with E-state index in [1.54, 1.807) is 6.07 Å². The van der Waals surface area contributed by atoms with Gasteiger partial charge in [-0.05, 0) is 30.9 Å². The molecule has 0 amide bonds. The lowest BCUT2D eigenvalue weighted by Crippen LogP contribution is -2.35. The number of para-hydroxylation sites is 1. The van der Waals surface area contributed by atoms with Crippen molar-refractivity contribution in [3.8, 4) is 5.75 Å². The molecule has 0 spiro atoms. The van der Waals surface area contributed by atoms with Crippen LogP contribution in [0.1, 0.15) is 49.5 Å². The lowest BCUT2D eigenvalue weighted by atomic mass is 9.64. The summed E-state index contributed by atoms with van der Waals surface area (Å²) in [5.74, 6) is 0.587. The van der Waals surface area contributed by atoms with Crippen LogP contribution in [0, 0.1) is 5.92 Å². The van der Waals surface area contributed by atoms with Gasteiger partial charge in [-0.25, -0.2) is 0 Å². The van der Waals surface area contributed by atoms with Crippen molar-refractivity contribution in [3.05, 3.63) is 29.3 Å². The summed E-state index contributed by atoms with van der Waals surface area (Å²) in [4.78, 5) is 23.5. The van der Waals surface area contributed by atoms with E-state index in [1.165, 1.54) is 6.92 Å². The predicted molar refractivity (Wildman–Crippen MR) is 81.6 cm³/mol. The molecule has 1 aromatic carbocycles. The van der Waals surface area contributed by atoms with Crippen molar-refractivity contribution in [1.29, 1.82) is 0 Å². The van der Waals surface area contributed by atoms with Gasteiger partial charge in [0.2, 0.25) is 0 Å². The number of carbonyl (C=O) groups excluding carboxylic acids is 2. The van der Waals surface area contributed by atoms with E-state index in [4.69, 9.17) is 4.65 Å². The minimum absolute atomic E-state index is 0.0895. The van der Waals surface area contributed by atoms with Crippen LogP contribution < -0.4 is 4.65 Å². The van der Waals surface area contributed by atoms with Crippen LogP contribution in [0.25, 0.3) is 0 Å². The van der Waals surface area contributed by atoms with Gasteiger partial charge in [-0.2, -0.15) is 0 Å². The fourth-order valence-corrected chi connectivity index (χ4v) is 2.77. The monoisotopic (exact) mass is 288 g/mol. The molecule has 0 radical (unpaired) electrons. The normalized spacial score (nSPS) is 17.4. The number of hydrogen-bond acceptors (Lipinski definition) is 4. The summed E-state index contributed by atoms with van der Waals surface area (Å²) in [7, 11) is -1.03. The van der Waals surface area contributed by atoms with Gasteiger partial charge in [0, 0.05) is 18.7 Å². The van der Waals surface area contributed by atoms with Crippen molar-refractivity contribution in [1.82, 2.24) is 0 Å². The van der Waals surface area contributed by atoms with E-state index in [9.17, 15) is 14.6 Å². The summed E-state index contributed by atoms with van der Waals surface area (Å²) in [6.07, 6.45) is 1.38. The smallest absolute Gasteiger partial charge is 0.526 e. The minimum atomic E-state index is -1.03. The molecule has 4 nitrogen and oxygen atoms in total. The molecule has 0 aliphatic carbocycles. The van der Waals surface area contributed by atoms with Crippen molar-refractivity contribution < 1.29 is 19.3 Å². The standard InChI is InChI=1S/C16H21BO4/c1-10(2)7-14(19)9-13-8-12-5-4-6-15(11(3)18)16(12)21-17(13)20/h4-6,10,13,20H,7-9H2,1-3H3/t13-/m1/s1. The van der Waals surface area contributed by atoms with E-state index in [-0.39, 0.29) is 17.4 Å². The molecule has 0 bridgehead atoms. The van der Waals surface area contributed by atoms with Gasteiger partial charge in [-0.1, -0.05) is 26.0 Å². The van der Waals surface area contributed by atoms with Gasteiger partial charge in [0.25, 0.3) is 0 Å². The maximum atomic E-state index is 11.9. The summed E-state index contributed by atoms with van der Waals surface area (Å²) in [5, 5.41) is 10.1. The molecular weight excluding hydrogens is 267 g/mol. The summed E-state index contributed by atoms with van der Waals surface area (Å²) in [6.45, 7) is 5.48. The van der Waals surface area contributed by atoms with Gasteiger partial charge >= 0.3 is 7.12 Å². The number of carbonyl (C=O) groups is 2. The largest absolute Gasteiger partial charge is 0.535 e. The maximum Gasteiger partial charge on any atom is 0.526 e. The van der Waals surface area contributed by atoms with Crippen LogP contribution in [0.4, 0.5) is 0 Å². The van der Waals surface area contributed by atoms with Crippen molar-refractivity contribution in [3.63, 3.8) is 0 Å². The molecule has 0 saturated carbocycles. The van der Waals surface area contributed by atoms with Crippen molar-refractivity contribution >= 4 is 18.7 Å². The Bertz CT molecular complexity index is 553. The average molecular weight is 288 g/mol. The van der Waals surface area contributed by atoms with Gasteiger partial charge < -0.3 is 9.68 Å². The Morgan fingerprint density at radius 1 is 1.43 bits per heavy atom. The Morgan fingerprint density at radius 3 is 2.76 bits per heavy atom. The first-order chi connectivity index (χ1) is 9.88. The van der Waals surface area contributed by atoms with E-state index in [1.807, 2.05) is 26.0 Å². The topological polar surface area (TPSA) is 63.6 Å². The molecule has 0 saturated heterocycles. The van der Waals surface area contributed by atoms with Crippen LogP contribution >= 0.6 is 0 Å². The first kappa shape index (κ1) is 15.8. The summed E-state index contributed by atoms with van der Waals surface area (Å²) < 4.78 is 5.53. The highest BCUT2D eigenvalue weighted by Crippen LogP contribution is 2.36. The molecule has 112 valence electrons. The highest BCUT2D eigenvalue weighted by atomic mass is 16.5.